The van der Waals surface area contributed by atoms with Gasteiger partial charge < -0.3 is 14.7 Å². The van der Waals surface area contributed by atoms with Gasteiger partial charge in [-0.15, -0.1) is 0 Å². The molecule has 0 fully saturated rings. The first kappa shape index (κ1) is 13.0. The lowest BCUT2D eigenvalue weighted by atomic mass is 10.2. The van der Waals surface area contributed by atoms with Crippen LogP contribution in [-0.4, -0.2) is 42.6 Å². The molecule has 0 atom stereocenters. The van der Waals surface area contributed by atoms with Crippen LogP contribution in [0, 0.1) is 0 Å². The summed E-state index contributed by atoms with van der Waals surface area (Å²) in [5.41, 5.74) is 0.570. The van der Waals surface area contributed by atoms with Gasteiger partial charge in [0.2, 0.25) is 0 Å². The fraction of sp³-hybridized carbons (Fsp3) is 0.333. The summed E-state index contributed by atoms with van der Waals surface area (Å²) < 4.78 is 5.21. The Kier molecular flexibility index (Phi) is 4.51. The van der Waals surface area contributed by atoms with E-state index < -0.39 is 5.97 Å². The number of rotatable bonds is 5. The summed E-state index contributed by atoms with van der Waals surface area (Å²) in [6, 6.07) is 6.61. The summed E-state index contributed by atoms with van der Waals surface area (Å²) in [4.78, 5) is 23.3. The maximum absolute atomic E-state index is 11.6. The third-order valence-corrected chi connectivity index (χ3v) is 2.09. The zero-order chi connectivity index (χ0) is 12.8. The summed E-state index contributed by atoms with van der Waals surface area (Å²) in [5.74, 6) is -0.423. The second-order valence-electron chi connectivity index (χ2n) is 3.72. The van der Waals surface area contributed by atoms with Gasteiger partial charge in [0, 0.05) is 19.7 Å². The summed E-state index contributed by atoms with van der Waals surface area (Å²) in [5, 5.41) is 8.44. The molecular formula is C12H15NO4. The van der Waals surface area contributed by atoms with Crippen molar-refractivity contribution in [3.8, 4) is 5.75 Å². The molecule has 1 amide bonds. The van der Waals surface area contributed by atoms with Crippen molar-refractivity contribution in [1.82, 2.24) is 4.90 Å². The van der Waals surface area contributed by atoms with E-state index in [0.717, 1.165) is 0 Å². The van der Waals surface area contributed by atoms with E-state index in [0.29, 0.717) is 11.3 Å². The van der Waals surface area contributed by atoms with Crippen LogP contribution in [0.3, 0.4) is 0 Å². The number of carbonyl (C=O) groups excluding carboxylic acids is 1. The Balaban J connectivity index is 2.56. The molecule has 17 heavy (non-hydrogen) atoms. The van der Waals surface area contributed by atoms with Gasteiger partial charge in [0.15, 0.2) is 0 Å². The number of carbonyl (C=O) groups is 2. The molecule has 0 heterocycles. The van der Waals surface area contributed by atoms with Crippen LogP contribution in [0.15, 0.2) is 24.3 Å². The number of hydrogen-bond acceptors (Lipinski definition) is 3. The lowest BCUT2D eigenvalue weighted by molar-refractivity contribution is -0.137. The predicted octanol–water partition coefficient (Wildman–Crippen LogP) is 1.24. The van der Waals surface area contributed by atoms with E-state index in [1.165, 1.54) is 4.90 Å². The number of nitrogens with zero attached hydrogens (tertiary/aromatic N) is 1. The lowest BCUT2D eigenvalue weighted by Gasteiger charge is -2.10. The highest BCUT2D eigenvalue weighted by atomic mass is 16.5. The highest BCUT2D eigenvalue weighted by Crippen LogP contribution is 2.13. The van der Waals surface area contributed by atoms with Gasteiger partial charge in [0.25, 0.3) is 5.91 Å². The van der Waals surface area contributed by atoms with Crippen LogP contribution in [0.5, 0.6) is 5.75 Å². The summed E-state index contributed by atoms with van der Waals surface area (Å²) in [6.07, 6.45) is -0.0433. The molecule has 0 saturated heterocycles. The number of amides is 1. The van der Waals surface area contributed by atoms with E-state index in [4.69, 9.17) is 9.84 Å². The minimum absolute atomic E-state index is 0.0433. The Labute approximate surface area is 99.6 Å². The minimum Gasteiger partial charge on any atom is -0.493 e. The van der Waals surface area contributed by atoms with Gasteiger partial charge in [0.05, 0.1) is 13.0 Å². The Morgan fingerprint density at radius 1 is 1.24 bits per heavy atom. The Bertz CT molecular complexity index is 397. The van der Waals surface area contributed by atoms with Gasteiger partial charge >= 0.3 is 5.97 Å². The third-order valence-electron chi connectivity index (χ3n) is 2.09. The van der Waals surface area contributed by atoms with Crippen LogP contribution in [0.1, 0.15) is 16.8 Å². The normalized spacial score (nSPS) is 9.76. The molecule has 0 unspecified atom stereocenters. The van der Waals surface area contributed by atoms with E-state index >= 15 is 0 Å². The van der Waals surface area contributed by atoms with Crippen molar-refractivity contribution in [2.45, 2.75) is 6.42 Å². The second-order valence-corrected chi connectivity index (χ2v) is 3.72. The number of hydrogen-bond donors (Lipinski definition) is 1. The van der Waals surface area contributed by atoms with Crippen LogP contribution in [0.4, 0.5) is 0 Å². The molecule has 1 rings (SSSR count). The molecule has 0 spiro atoms. The van der Waals surface area contributed by atoms with Crippen molar-refractivity contribution in [1.29, 1.82) is 0 Å². The first-order chi connectivity index (χ1) is 8.00. The zero-order valence-corrected chi connectivity index (χ0v) is 9.84. The van der Waals surface area contributed by atoms with Gasteiger partial charge in [0.1, 0.15) is 5.75 Å². The standard InChI is InChI=1S/C12H15NO4/c1-13(2)12(16)9-3-5-10(6-4-9)17-8-7-11(14)15/h3-6H,7-8H2,1-2H3,(H,14,15). The average Bonchev–Trinajstić information content (AvgIpc) is 2.28. The molecule has 0 radical (unpaired) electrons. The topological polar surface area (TPSA) is 66.8 Å². The van der Waals surface area contributed by atoms with Crippen LogP contribution in [0.25, 0.3) is 0 Å². The largest absolute Gasteiger partial charge is 0.493 e. The molecule has 5 heteroatoms. The van der Waals surface area contributed by atoms with Gasteiger partial charge in [-0.05, 0) is 24.3 Å². The number of aliphatic carboxylic acids is 1. The van der Waals surface area contributed by atoms with Gasteiger partial charge in [-0.2, -0.15) is 0 Å². The molecule has 1 aromatic carbocycles. The number of benzene rings is 1. The van der Waals surface area contributed by atoms with Crippen molar-refractivity contribution in [3.05, 3.63) is 29.8 Å². The van der Waals surface area contributed by atoms with Crippen LogP contribution < -0.4 is 4.74 Å². The highest BCUT2D eigenvalue weighted by Gasteiger charge is 2.07. The van der Waals surface area contributed by atoms with Gasteiger partial charge in [-0.1, -0.05) is 0 Å². The van der Waals surface area contributed by atoms with E-state index in [2.05, 4.69) is 0 Å². The van der Waals surface area contributed by atoms with Crippen molar-refractivity contribution < 1.29 is 19.4 Å². The second kappa shape index (κ2) is 5.89. The fourth-order valence-corrected chi connectivity index (χ4v) is 1.21. The monoisotopic (exact) mass is 237 g/mol. The van der Waals surface area contributed by atoms with E-state index in [9.17, 15) is 9.59 Å². The van der Waals surface area contributed by atoms with Crippen LogP contribution in [-0.2, 0) is 4.79 Å². The number of carboxylic acids is 1. The molecule has 1 N–H and O–H groups in total. The molecule has 1 aromatic rings. The van der Waals surface area contributed by atoms with E-state index in [1.807, 2.05) is 0 Å². The lowest BCUT2D eigenvalue weighted by Crippen LogP contribution is -2.21. The zero-order valence-electron chi connectivity index (χ0n) is 9.84. The first-order valence-electron chi connectivity index (χ1n) is 5.17. The summed E-state index contributed by atoms with van der Waals surface area (Å²) in [7, 11) is 3.36. The molecule has 92 valence electrons. The first-order valence-corrected chi connectivity index (χ1v) is 5.17. The van der Waals surface area contributed by atoms with Crippen molar-refractivity contribution in [2.24, 2.45) is 0 Å². The van der Waals surface area contributed by atoms with Crippen molar-refractivity contribution in [2.75, 3.05) is 20.7 Å². The summed E-state index contributed by atoms with van der Waals surface area (Å²) >= 11 is 0. The summed E-state index contributed by atoms with van der Waals surface area (Å²) in [6.45, 7) is 0.121. The molecule has 5 nitrogen and oxygen atoms in total. The fourth-order valence-electron chi connectivity index (χ4n) is 1.21. The SMILES string of the molecule is CN(C)C(=O)c1ccc(OCCC(=O)O)cc1. The molecule has 0 saturated carbocycles. The number of carboxylic acid groups (broad SMARTS) is 1. The smallest absolute Gasteiger partial charge is 0.306 e. The molecule has 0 bridgehead atoms. The third kappa shape index (κ3) is 4.14. The van der Waals surface area contributed by atoms with Crippen molar-refractivity contribution >= 4 is 11.9 Å². The molecule has 0 aliphatic rings. The molecule has 0 aromatic heterocycles. The minimum atomic E-state index is -0.899. The van der Waals surface area contributed by atoms with Crippen LogP contribution >= 0.6 is 0 Å². The van der Waals surface area contributed by atoms with Crippen LogP contribution in [0.2, 0.25) is 0 Å². The predicted molar refractivity (Wildman–Crippen MR) is 62.2 cm³/mol. The molecule has 0 aliphatic carbocycles. The highest BCUT2D eigenvalue weighted by molar-refractivity contribution is 5.93. The Morgan fingerprint density at radius 3 is 2.29 bits per heavy atom. The maximum Gasteiger partial charge on any atom is 0.306 e. The quantitative estimate of drug-likeness (QED) is 0.836. The molecular weight excluding hydrogens is 222 g/mol. The Hall–Kier alpha value is -2.04. The van der Waals surface area contributed by atoms with E-state index in [1.54, 1.807) is 38.4 Å². The Morgan fingerprint density at radius 2 is 1.82 bits per heavy atom. The average molecular weight is 237 g/mol. The van der Waals surface area contributed by atoms with Gasteiger partial charge in [-0.3, -0.25) is 9.59 Å². The molecule has 0 aliphatic heterocycles. The van der Waals surface area contributed by atoms with Crippen molar-refractivity contribution in [3.63, 3.8) is 0 Å². The van der Waals surface area contributed by atoms with Gasteiger partial charge in [-0.25, -0.2) is 0 Å². The van der Waals surface area contributed by atoms with E-state index in [-0.39, 0.29) is 18.9 Å². The number of ether oxygens (including phenoxy) is 1. The maximum atomic E-state index is 11.6.